The van der Waals surface area contributed by atoms with Crippen molar-refractivity contribution in [1.82, 2.24) is 0 Å². The predicted octanol–water partition coefficient (Wildman–Crippen LogP) is 0.470. The molecule has 0 saturated heterocycles. The molecular weight excluding hydrogens is 182 g/mol. The van der Waals surface area contributed by atoms with E-state index in [-0.39, 0.29) is 12.1 Å². The van der Waals surface area contributed by atoms with E-state index in [2.05, 4.69) is 4.36 Å². The van der Waals surface area contributed by atoms with Crippen LogP contribution in [-0.4, -0.2) is 26.0 Å². The van der Waals surface area contributed by atoms with E-state index >= 15 is 0 Å². The van der Waals surface area contributed by atoms with Gasteiger partial charge in [0, 0.05) is 5.57 Å². The first-order valence-electron chi connectivity index (χ1n) is 3.21. The largest absolute Gasteiger partial charge is 0.478 e. The van der Waals surface area contributed by atoms with Gasteiger partial charge in [-0.25, -0.2) is 4.79 Å². The van der Waals surface area contributed by atoms with Crippen LogP contribution in [0.3, 0.4) is 0 Å². The lowest BCUT2D eigenvalue weighted by Gasteiger charge is -1.89. The van der Waals surface area contributed by atoms with E-state index in [4.69, 9.17) is 5.11 Å². The van der Waals surface area contributed by atoms with Gasteiger partial charge >= 0.3 is 16.5 Å². The summed E-state index contributed by atoms with van der Waals surface area (Å²) in [5.41, 5.74) is 0.196. The van der Waals surface area contributed by atoms with Crippen LogP contribution in [-0.2, 0) is 15.3 Å². The zero-order valence-corrected chi connectivity index (χ0v) is 7.34. The fourth-order valence-electron chi connectivity index (χ4n) is 0.496. The molecule has 0 spiro atoms. The summed E-state index contributed by atoms with van der Waals surface area (Å²) in [6.45, 7) is 1.54. The van der Waals surface area contributed by atoms with Crippen LogP contribution < -0.4 is 0 Å². The van der Waals surface area contributed by atoms with Crippen LogP contribution in [0.25, 0.3) is 0 Å². The molecule has 0 amide bonds. The first-order chi connectivity index (χ1) is 5.54. The van der Waals surface area contributed by atoms with Crippen LogP contribution in [0.2, 0.25) is 0 Å². The Balaban J connectivity index is 3.91. The van der Waals surface area contributed by atoms with Crippen LogP contribution in [0.4, 0.5) is 0 Å². The molecule has 0 fully saturated rings. The molecule has 0 aromatic carbocycles. The summed E-state index contributed by atoms with van der Waals surface area (Å²) in [6.07, 6.45) is 1.75. The van der Waals surface area contributed by atoms with Crippen molar-refractivity contribution in [2.45, 2.75) is 13.3 Å². The molecule has 0 unspecified atom stereocenters. The molecule has 0 heterocycles. The highest BCUT2D eigenvalue weighted by molar-refractivity contribution is 7.61. The molecule has 0 radical (unpaired) electrons. The molecule has 5 nitrogen and oxygen atoms in total. The van der Waals surface area contributed by atoms with E-state index in [1.165, 1.54) is 13.0 Å². The number of carboxylic acids is 1. The van der Waals surface area contributed by atoms with Gasteiger partial charge in [-0.15, -0.1) is 0 Å². The average molecular weight is 191 g/mol. The minimum absolute atomic E-state index is 0.0979. The molecule has 0 aromatic rings. The Morgan fingerprint density at radius 2 is 2.17 bits per heavy atom. The molecule has 12 heavy (non-hydrogen) atoms. The van der Waals surface area contributed by atoms with Crippen molar-refractivity contribution in [3.8, 4) is 0 Å². The summed E-state index contributed by atoms with van der Waals surface area (Å²) in [5.74, 6) is -1.00. The van der Waals surface area contributed by atoms with Gasteiger partial charge in [-0.2, -0.15) is 12.8 Å². The highest BCUT2D eigenvalue weighted by Gasteiger charge is 1.96. The summed E-state index contributed by atoms with van der Waals surface area (Å²) in [7, 11) is -2.39. The summed E-state index contributed by atoms with van der Waals surface area (Å²) >= 11 is 0. The molecule has 0 rings (SSSR count). The second-order valence-electron chi connectivity index (χ2n) is 2.05. The van der Waals surface area contributed by atoms with Crippen molar-refractivity contribution in [3.05, 3.63) is 11.6 Å². The van der Waals surface area contributed by atoms with Crippen LogP contribution in [0.15, 0.2) is 16.0 Å². The molecule has 6 heteroatoms. The van der Waals surface area contributed by atoms with E-state index in [0.29, 0.717) is 6.42 Å². The number of hydrogen-bond donors (Lipinski definition) is 1. The van der Waals surface area contributed by atoms with Crippen LogP contribution in [0, 0.1) is 0 Å². The third-order valence-electron chi connectivity index (χ3n) is 1.11. The summed E-state index contributed by atoms with van der Waals surface area (Å²) in [6, 6.07) is 0. The fraction of sp³-hybridized carbons (Fsp3) is 0.500. The third kappa shape index (κ3) is 5.60. The van der Waals surface area contributed by atoms with E-state index in [9.17, 15) is 13.2 Å². The Morgan fingerprint density at radius 3 is 2.58 bits per heavy atom. The first kappa shape index (κ1) is 10.8. The van der Waals surface area contributed by atoms with Gasteiger partial charge in [-0.05, 0) is 13.3 Å². The molecule has 0 atom stereocenters. The van der Waals surface area contributed by atoms with E-state index < -0.39 is 16.5 Å². The van der Waals surface area contributed by atoms with Crippen molar-refractivity contribution in [2.75, 3.05) is 6.54 Å². The van der Waals surface area contributed by atoms with Gasteiger partial charge in [0.2, 0.25) is 0 Å². The van der Waals surface area contributed by atoms with Crippen molar-refractivity contribution < 1.29 is 18.3 Å². The quantitative estimate of drug-likeness (QED) is 0.517. The van der Waals surface area contributed by atoms with Crippen molar-refractivity contribution in [2.24, 2.45) is 4.36 Å². The topological polar surface area (TPSA) is 83.8 Å². The van der Waals surface area contributed by atoms with Crippen molar-refractivity contribution in [1.29, 1.82) is 0 Å². The molecule has 0 aliphatic rings. The molecule has 68 valence electrons. The minimum atomic E-state index is -2.39. The van der Waals surface area contributed by atoms with Gasteiger partial charge in [0.1, 0.15) is 0 Å². The lowest BCUT2D eigenvalue weighted by Crippen LogP contribution is -1.95. The average Bonchev–Trinajstić information content (AvgIpc) is 1.97. The van der Waals surface area contributed by atoms with Crippen LogP contribution in [0.5, 0.6) is 0 Å². The van der Waals surface area contributed by atoms with Gasteiger partial charge in [-0.1, -0.05) is 6.08 Å². The molecule has 0 aliphatic carbocycles. The van der Waals surface area contributed by atoms with Crippen molar-refractivity contribution >= 4 is 16.5 Å². The minimum Gasteiger partial charge on any atom is -0.478 e. The normalized spacial score (nSPS) is 10.9. The molecule has 0 saturated carbocycles. The maximum absolute atomic E-state index is 10.2. The van der Waals surface area contributed by atoms with E-state index in [1.807, 2.05) is 0 Å². The summed E-state index contributed by atoms with van der Waals surface area (Å²) < 4.78 is 22.9. The van der Waals surface area contributed by atoms with Crippen molar-refractivity contribution in [3.63, 3.8) is 0 Å². The first-order valence-corrected chi connectivity index (χ1v) is 4.24. The Morgan fingerprint density at radius 1 is 1.58 bits per heavy atom. The number of rotatable bonds is 4. The smallest absolute Gasteiger partial charge is 0.330 e. The second kappa shape index (κ2) is 5.48. The fourth-order valence-corrected chi connectivity index (χ4v) is 0.750. The lowest BCUT2D eigenvalue weighted by atomic mass is 10.2. The number of carboxylic acid groups (broad SMARTS) is 1. The zero-order valence-electron chi connectivity index (χ0n) is 6.52. The number of carbonyl (C=O) groups is 1. The van der Waals surface area contributed by atoms with Crippen LogP contribution >= 0.6 is 0 Å². The maximum atomic E-state index is 10.2. The van der Waals surface area contributed by atoms with Gasteiger partial charge in [0.05, 0.1) is 6.54 Å². The Bertz CT molecular complexity index is 306. The number of hydrogen-bond acceptors (Lipinski definition) is 4. The molecule has 0 aliphatic heterocycles. The lowest BCUT2D eigenvalue weighted by molar-refractivity contribution is -0.132. The Kier molecular flexibility index (Phi) is 4.94. The standard InChI is InChI=1S/C6H9NO4S/c1-5(6(8)9)3-2-4-7-12(10)11/h3H,2,4H2,1H3,(H,8,9). The Hall–Kier alpha value is -1.17. The van der Waals surface area contributed by atoms with Gasteiger partial charge in [-0.3, -0.25) is 0 Å². The van der Waals surface area contributed by atoms with Gasteiger partial charge < -0.3 is 5.11 Å². The maximum Gasteiger partial charge on any atom is 0.330 e. The molecule has 0 aromatic heterocycles. The SMILES string of the molecule is CC(=CCCN=S(=O)=O)C(=O)O. The third-order valence-corrected chi connectivity index (χ3v) is 1.51. The zero-order chi connectivity index (χ0) is 9.56. The predicted molar refractivity (Wildman–Crippen MR) is 42.2 cm³/mol. The monoisotopic (exact) mass is 191 g/mol. The number of nitrogens with zero attached hydrogens (tertiary/aromatic N) is 1. The summed E-state index contributed by atoms with van der Waals surface area (Å²) in [4.78, 5) is 10.2. The Labute approximate surface area is 71.4 Å². The molecular formula is C6H9NO4S. The van der Waals surface area contributed by atoms with E-state index in [0.717, 1.165) is 0 Å². The summed E-state index contributed by atoms with van der Waals surface area (Å²) in [5, 5.41) is 8.37. The van der Waals surface area contributed by atoms with Gasteiger partial charge in [0.25, 0.3) is 0 Å². The van der Waals surface area contributed by atoms with Gasteiger partial charge in [0.15, 0.2) is 0 Å². The second-order valence-corrected chi connectivity index (χ2v) is 2.74. The van der Waals surface area contributed by atoms with Crippen LogP contribution in [0.1, 0.15) is 13.3 Å². The highest BCUT2D eigenvalue weighted by atomic mass is 32.2. The van der Waals surface area contributed by atoms with E-state index in [1.54, 1.807) is 0 Å². The molecule has 0 bridgehead atoms. The number of aliphatic carboxylic acids is 1. The highest BCUT2D eigenvalue weighted by Crippen LogP contribution is 1.94. The molecule has 1 N–H and O–H groups in total.